The minimum Gasteiger partial charge on any atom is -0.481 e. The molecule has 0 amide bonds. The number of carboxylic acids is 2. The van der Waals surface area contributed by atoms with E-state index in [1.807, 2.05) is 0 Å². The quantitative estimate of drug-likeness (QED) is 0.808. The molecule has 0 radical (unpaired) electrons. The van der Waals surface area contributed by atoms with Crippen molar-refractivity contribution in [3.63, 3.8) is 0 Å². The first kappa shape index (κ1) is 15.9. The monoisotopic (exact) mass is 334 g/mol. The topological polar surface area (TPSA) is 125 Å². The molecule has 2 unspecified atom stereocenters. The van der Waals surface area contributed by atoms with Crippen LogP contribution in [0.5, 0.6) is 0 Å². The van der Waals surface area contributed by atoms with Crippen LogP contribution < -0.4 is 0 Å². The van der Waals surface area contributed by atoms with Gasteiger partial charge in [0.15, 0.2) is 4.21 Å². The zero-order chi connectivity index (χ0) is 15.8. The fourth-order valence-corrected chi connectivity index (χ4v) is 5.02. The van der Waals surface area contributed by atoms with Crippen molar-refractivity contribution in [2.24, 2.45) is 11.8 Å². The molecule has 1 aromatic heterocycles. The van der Waals surface area contributed by atoms with Crippen molar-refractivity contribution in [3.8, 4) is 0 Å². The number of aryl methyl sites for hydroxylation is 1. The van der Waals surface area contributed by atoms with E-state index >= 15 is 0 Å². The van der Waals surface area contributed by atoms with E-state index in [2.05, 4.69) is 4.98 Å². The number of aromatic nitrogens is 1. The molecule has 2 heterocycles. The standard InChI is InChI=1S/C11H14N2O6S2/c1-6-12-4-9(20-6)21(18,19)13-3-2-7(10(14)15)8(5-13)11(16)17/h4,7-8H,2-3,5H2,1H3,(H,14,15)(H,16,17). The highest BCUT2D eigenvalue weighted by atomic mass is 32.2. The largest absolute Gasteiger partial charge is 0.481 e. The second-order valence-electron chi connectivity index (χ2n) is 4.74. The van der Waals surface area contributed by atoms with Gasteiger partial charge in [-0.3, -0.25) is 9.59 Å². The van der Waals surface area contributed by atoms with Crippen LogP contribution in [0.25, 0.3) is 0 Å². The lowest BCUT2D eigenvalue weighted by atomic mass is 9.86. The van der Waals surface area contributed by atoms with Crippen LogP contribution in [0.2, 0.25) is 0 Å². The van der Waals surface area contributed by atoms with Gasteiger partial charge in [0, 0.05) is 13.1 Å². The molecule has 1 fully saturated rings. The zero-order valence-corrected chi connectivity index (χ0v) is 12.7. The summed E-state index contributed by atoms with van der Waals surface area (Å²) >= 11 is 1.00. The molecule has 0 spiro atoms. The number of nitrogens with zero attached hydrogens (tertiary/aromatic N) is 2. The number of carboxylic acid groups (broad SMARTS) is 2. The predicted molar refractivity (Wildman–Crippen MR) is 72.5 cm³/mol. The molecule has 0 saturated carbocycles. The fraction of sp³-hybridized carbons (Fsp3) is 0.545. The van der Waals surface area contributed by atoms with Crippen molar-refractivity contribution in [1.82, 2.24) is 9.29 Å². The normalized spacial score (nSPS) is 23.9. The lowest BCUT2D eigenvalue weighted by molar-refractivity contribution is -0.156. The van der Waals surface area contributed by atoms with Gasteiger partial charge in [-0.2, -0.15) is 4.31 Å². The Bertz CT molecular complexity index is 668. The van der Waals surface area contributed by atoms with Crippen LogP contribution in [0.3, 0.4) is 0 Å². The molecule has 1 aromatic rings. The van der Waals surface area contributed by atoms with Crippen molar-refractivity contribution in [3.05, 3.63) is 11.2 Å². The number of aliphatic carboxylic acids is 2. The highest BCUT2D eigenvalue weighted by Gasteiger charge is 2.42. The van der Waals surface area contributed by atoms with Crippen LogP contribution in [0.1, 0.15) is 11.4 Å². The Morgan fingerprint density at radius 1 is 1.33 bits per heavy atom. The Kier molecular flexibility index (Phi) is 4.30. The molecule has 2 atom stereocenters. The van der Waals surface area contributed by atoms with E-state index in [0.29, 0.717) is 5.01 Å². The average Bonchev–Trinajstić information content (AvgIpc) is 2.85. The van der Waals surface area contributed by atoms with Crippen molar-refractivity contribution < 1.29 is 28.2 Å². The summed E-state index contributed by atoms with van der Waals surface area (Å²) in [5.74, 6) is -4.84. The van der Waals surface area contributed by atoms with Crippen molar-refractivity contribution in [1.29, 1.82) is 0 Å². The summed E-state index contributed by atoms with van der Waals surface area (Å²) in [4.78, 5) is 26.1. The van der Waals surface area contributed by atoms with Gasteiger partial charge in [0.2, 0.25) is 0 Å². The van der Waals surface area contributed by atoms with E-state index < -0.39 is 33.8 Å². The summed E-state index contributed by atoms with van der Waals surface area (Å²) in [5.41, 5.74) is 0. The first-order valence-corrected chi connectivity index (χ1v) is 8.37. The molecule has 1 aliphatic heterocycles. The minimum absolute atomic E-state index is 0.0139. The maximum atomic E-state index is 12.4. The molecule has 0 bridgehead atoms. The molecule has 10 heteroatoms. The molecule has 2 rings (SSSR count). The van der Waals surface area contributed by atoms with Gasteiger partial charge in [0.25, 0.3) is 10.0 Å². The smallest absolute Gasteiger partial charge is 0.308 e. The third kappa shape index (κ3) is 3.06. The summed E-state index contributed by atoms with van der Waals surface area (Å²) in [6.45, 7) is 1.31. The highest BCUT2D eigenvalue weighted by molar-refractivity contribution is 7.91. The van der Waals surface area contributed by atoms with Gasteiger partial charge >= 0.3 is 11.9 Å². The average molecular weight is 334 g/mol. The molecular formula is C11H14N2O6S2. The van der Waals surface area contributed by atoms with Gasteiger partial charge in [0.1, 0.15) is 0 Å². The van der Waals surface area contributed by atoms with E-state index in [9.17, 15) is 18.0 Å². The van der Waals surface area contributed by atoms with E-state index in [4.69, 9.17) is 10.2 Å². The van der Waals surface area contributed by atoms with Crippen molar-refractivity contribution >= 4 is 33.3 Å². The van der Waals surface area contributed by atoms with E-state index in [1.54, 1.807) is 6.92 Å². The highest BCUT2D eigenvalue weighted by Crippen LogP contribution is 2.30. The molecule has 1 saturated heterocycles. The molecule has 21 heavy (non-hydrogen) atoms. The SMILES string of the molecule is Cc1ncc(S(=O)(=O)N2CCC(C(=O)O)C(C(=O)O)C2)s1. The first-order valence-electron chi connectivity index (χ1n) is 6.11. The van der Waals surface area contributed by atoms with Crippen LogP contribution in [0.15, 0.2) is 10.4 Å². The fourth-order valence-electron chi connectivity index (χ4n) is 2.27. The molecule has 0 aromatic carbocycles. The summed E-state index contributed by atoms with van der Waals surface area (Å²) in [5, 5.41) is 18.7. The van der Waals surface area contributed by atoms with Crippen LogP contribution in [0.4, 0.5) is 0 Å². The third-order valence-corrected chi connectivity index (χ3v) is 6.62. The number of rotatable bonds is 4. The number of carbonyl (C=O) groups is 2. The Morgan fingerprint density at radius 3 is 2.43 bits per heavy atom. The molecule has 1 aliphatic rings. The zero-order valence-electron chi connectivity index (χ0n) is 11.1. The number of hydrogen-bond donors (Lipinski definition) is 2. The summed E-state index contributed by atoms with van der Waals surface area (Å²) in [7, 11) is -3.82. The molecule has 8 nitrogen and oxygen atoms in total. The molecule has 116 valence electrons. The Hall–Kier alpha value is -1.52. The van der Waals surface area contributed by atoms with E-state index in [1.165, 1.54) is 6.20 Å². The third-order valence-electron chi connectivity index (χ3n) is 3.40. The number of thiazole rings is 1. The van der Waals surface area contributed by atoms with Crippen LogP contribution in [-0.2, 0) is 19.6 Å². The molecule has 2 N–H and O–H groups in total. The van der Waals surface area contributed by atoms with Gasteiger partial charge in [-0.05, 0) is 13.3 Å². The van der Waals surface area contributed by atoms with Crippen LogP contribution >= 0.6 is 11.3 Å². The van der Waals surface area contributed by atoms with Gasteiger partial charge in [-0.15, -0.1) is 11.3 Å². The van der Waals surface area contributed by atoms with Crippen molar-refractivity contribution in [2.45, 2.75) is 17.6 Å². The van der Waals surface area contributed by atoms with Gasteiger partial charge in [-0.25, -0.2) is 13.4 Å². The molecular weight excluding hydrogens is 320 g/mol. The summed E-state index contributed by atoms with van der Waals surface area (Å²) in [6, 6.07) is 0. The summed E-state index contributed by atoms with van der Waals surface area (Å²) in [6.07, 6.45) is 1.21. The van der Waals surface area contributed by atoms with Gasteiger partial charge in [-0.1, -0.05) is 0 Å². The Labute approximate surface area is 125 Å². The maximum absolute atomic E-state index is 12.4. The maximum Gasteiger partial charge on any atom is 0.308 e. The number of piperidine rings is 1. The van der Waals surface area contributed by atoms with E-state index in [-0.39, 0.29) is 23.7 Å². The minimum atomic E-state index is -3.82. The number of hydrogen-bond acceptors (Lipinski definition) is 6. The second kappa shape index (κ2) is 5.70. The Balaban J connectivity index is 2.27. The predicted octanol–water partition coefficient (Wildman–Crippen LogP) is 0.248. The first-order chi connectivity index (χ1) is 9.73. The van der Waals surface area contributed by atoms with Crippen molar-refractivity contribution in [2.75, 3.05) is 13.1 Å². The lowest BCUT2D eigenvalue weighted by Gasteiger charge is -2.33. The van der Waals surface area contributed by atoms with Gasteiger partial charge < -0.3 is 10.2 Å². The van der Waals surface area contributed by atoms with Gasteiger partial charge in [0.05, 0.1) is 23.0 Å². The van der Waals surface area contributed by atoms with Crippen LogP contribution in [0, 0.1) is 18.8 Å². The lowest BCUT2D eigenvalue weighted by Crippen LogP contribution is -2.48. The second-order valence-corrected chi connectivity index (χ2v) is 8.14. The Morgan fingerprint density at radius 2 is 1.95 bits per heavy atom. The number of sulfonamides is 1. The summed E-state index contributed by atoms with van der Waals surface area (Å²) < 4.78 is 25.9. The molecule has 0 aliphatic carbocycles. The van der Waals surface area contributed by atoms with E-state index in [0.717, 1.165) is 15.6 Å². The van der Waals surface area contributed by atoms with Crippen LogP contribution in [-0.4, -0.2) is 52.9 Å².